The molecule has 126 valence electrons. The quantitative estimate of drug-likeness (QED) is 0.574. The third-order valence-electron chi connectivity index (χ3n) is 4.50. The van der Waals surface area contributed by atoms with Gasteiger partial charge in [-0.25, -0.2) is 0 Å². The smallest absolute Gasteiger partial charge is 0.266 e. The molecule has 0 spiro atoms. The lowest BCUT2D eigenvalue weighted by molar-refractivity contribution is 0.417. The Bertz CT molecular complexity index is 1120. The maximum absolute atomic E-state index is 12.3. The Morgan fingerprint density at radius 2 is 1.88 bits per heavy atom. The number of aromatic amines is 1. The minimum absolute atomic E-state index is 0.0107. The van der Waals surface area contributed by atoms with Gasteiger partial charge in [0.1, 0.15) is 10.4 Å². The largest absolute Gasteiger partial charge is 0.496 e. The molecule has 2 heterocycles. The second-order valence-corrected chi connectivity index (χ2v) is 7.01. The fourth-order valence-corrected chi connectivity index (χ4v) is 4.03. The third-order valence-corrected chi connectivity index (χ3v) is 5.41. The number of aromatic nitrogens is 1. The fraction of sp³-hybridized carbons (Fsp3) is 0.150. The molecule has 3 N–H and O–H groups in total. The summed E-state index contributed by atoms with van der Waals surface area (Å²) in [5.41, 5.74) is 9.81. The Kier molecular flexibility index (Phi) is 3.82. The highest BCUT2D eigenvalue weighted by atomic mass is 32.1. The van der Waals surface area contributed by atoms with Crippen molar-refractivity contribution in [2.24, 2.45) is 5.73 Å². The Hall–Kier alpha value is -2.63. The molecular formula is C20H18N2O2S. The lowest BCUT2D eigenvalue weighted by Gasteiger charge is -2.14. The molecule has 0 unspecified atom stereocenters. The highest BCUT2D eigenvalue weighted by molar-refractivity contribution is 7.17. The highest BCUT2D eigenvalue weighted by Crippen LogP contribution is 2.40. The van der Waals surface area contributed by atoms with Gasteiger partial charge in [-0.2, -0.15) is 0 Å². The monoisotopic (exact) mass is 350 g/mol. The van der Waals surface area contributed by atoms with Crippen LogP contribution < -0.4 is 16.0 Å². The van der Waals surface area contributed by atoms with Crippen LogP contribution in [0.3, 0.4) is 0 Å². The van der Waals surface area contributed by atoms with E-state index >= 15 is 0 Å². The molecule has 0 aliphatic rings. The lowest BCUT2D eigenvalue weighted by Crippen LogP contribution is -2.05. The molecule has 0 aliphatic carbocycles. The molecule has 4 rings (SSSR count). The van der Waals surface area contributed by atoms with E-state index in [1.165, 1.54) is 11.3 Å². The summed E-state index contributed by atoms with van der Waals surface area (Å²) in [5, 5.41) is 3.90. The number of thiophene rings is 1. The number of nitrogens with one attached hydrogen (secondary N) is 1. The number of rotatable bonds is 3. The summed E-state index contributed by atoms with van der Waals surface area (Å²) < 4.78 is 6.36. The van der Waals surface area contributed by atoms with E-state index in [9.17, 15) is 4.79 Å². The van der Waals surface area contributed by atoms with E-state index in [0.29, 0.717) is 0 Å². The van der Waals surface area contributed by atoms with Gasteiger partial charge in [-0.15, -0.1) is 11.3 Å². The van der Waals surface area contributed by atoms with Gasteiger partial charge in [-0.3, -0.25) is 4.79 Å². The van der Waals surface area contributed by atoms with Gasteiger partial charge in [0.15, 0.2) is 0 Å². The molecule has 0 fully saturated rings. The number of benzene rings is 2. The number of fused-ring (bicyclic) bond motifs is 3. The summed E-state index contributed by atoms with van der Waals surface area (Å²) in [4.78, 5) is 15.3. The molecule has 0 bridgehead atoms. The molecule has 1 atom stereocenters. The third kappa shape index (κ3) is 2.52. The molecule has 2 aromatic heterocycles. The summed E-state index contributed by atoms with van der Waals surface area (Å²) in [6.45, 7) is 1.97. The standard InChI is InChI=1S/C20H18N2O2S/c1-11(21)12-3-5-13(6-4-12)17-16(24-2)8-7-15-18(17)14-9-10-25-19(14)20(23)22-15/h3-11H,21H2,1-2H3,(H,22,23)/t11-/m0/s1. The zero-order valence-corrected chi connectivity index (χ0v) is 14.8. The van der Waals surface area contributed by atoms with Crippen molar-refractivity contribution in [3.05, 3.63) is 63.8 Å². The SMILES string of the molecule is COc1ccc2[nH]c(=O)c3sccc3c2c1-c1ccc([C@H](C)N)cc1. The van der Waals surface area contributed by atoms with E-state index in [4.69, 9.17) is 10.5 Å². The maximum atomic E-state index is 12.3. The van der Waals surface area contributed by atoms with Gasteiger partial charge in [0, 0.05) is 27.9 Å². The van der Waals surface area contributed by atoms with Crippen LogP contribution in [0.4, 0.5) is 0 Å². The second-order valence-electron chi connectivity index (χ2n) is 6.09. The molecule has 5 heteroatoms. The zero-order valence-electron chi connectivity index (χ0n) is 14.0. The minimum atomic E-state index is -0.0547. The summed E-state index contributed by atoms with van der Waals surface area (Å²) in [7, 11) is 1.66. The Morgan fingerprint density at radius 1 is 1.12 bits per heavy atom. The number of methoxy groups -OCH3 is 1. The van der Waals surface area contributed by atoms with Crippen molar-refractivity contribution in [3.63, 3.8) is 0 Å². The normalized spacial score (nSPS) is 12.6. The first-order chi connectivity index (χ1) is 12.1. The van der Waals surface area contributed by atoms with Crippen molar-refractivity contribution < 1.29 is 4.74 Å². The van der Waals surface area contributed by atoms with Crippen LogP contribution in [0.25, 0.3) is 32.1 Å². The van der Waals surface area contributed by atoms with Crippen LogP contribution in [0.2, 0.25) is 0 Å². The predicted molar refractivity (Wildman–Crippen MR) is 105 cm³/mol. The minimum Gasteiger partial charge on any atom is -0.496 e. The van der Waals surface area contributed by atoms with Gasteiger partial charge in [0.05, 0.1) is 7.11 Å². The number of hydrogen-bond donors (Lipinski definition) is 2. The molecule has 0 saturated heterocycles. The van der Waals surface area contributed by atoms with Crippen molar-refractivity contribution in [1.82, 2.24) is 4.98 Å². The van der Waals surface area contributed by atoms with Crippen LogP contribution in [-0.2, 0) is 0 Å². The average Bonchev–Trinajstić information content (AvgIpc) is 3.11. The topological polar surface area (TPSA) is 68.1 Å². The van der Waals surface area contributed by atoms with E-state index in [0.717, 1.165) is 43.4 Å². The first-order valence-electron chi connectivity index (χ1n) is 8.06. The molecule has 0 amide bonds. The maximum Gasteiger partial charge on any atom is 0.266 e. The molecule has 25 heavy (non-hydrogen) atoms. The van der Waals surface area contributed by atoms with Gasteiger partial charge >= 0.3 is 0 Å². The van der Waals surface area contributed by atoms with Crippen LogP contribution in [0.1, 0.15) is 18.5 Å². The predicted octanol–water partition coefficient (Wildman–Crippen LogP) is 4.44. The van der Waals surface area contributed by atoms with E-state index < -0.39 is 0 Å². The van der Waals surface area contributed by atoms with Crippen molar-refractivity contribution in [3.8, 4) is 16.9 Å². The molecule has 2 aromatic carbocycles. The van der Waals surface area contributed by atoms with Gasteiger partial charge in [0.25, 0.3) is 5.56 Å². The Morgan fingerprint density at radius 3 is 2.56 bits per heavy atom. The number of nitrogens with two attached hydrogens (primary N) is 1. The number of pyridine rings is 1. The fourth-order valence-electron chi connectivity index (χ4n) is 3.24. The number of H-pyrrole nitrogens is 1. The Balaban J connectivity index is 2.10. The van der Waals surface area contributed by atoms with E-state index in [1.807, 2.05) is 42.6 Å². The van der Waals surface area contributed by atoms with Crippen molar-refractivity contribution >= 4 is 32.3 Å². The molecule has 0 radical (unpaired) electrons. The molecule has 0 aliphatic heterocycles. The van der Waals surface area contributed by atoms with Crippen molar-refractivity contribution in [2.45, 2.75) is 13.0 Å². The van der Waals surface area contributed by atoms with Gasteiger partial charge < -0.3 is 15.5 Å². The van der Waals surface area contributed by atoms with Crippen LogP contribution in [0.15, 0.2) is 52.6 Å². The van der Waals surface area contributed by atoms with Crippen LogP contribution in [0, 0.1) is 0 Å². The van der Waals surface area contributed by atoms with Crippen LogP contribution in [0.5, 0.6) is 5.75 Å². The summed E-state index contributed by atoms with van der Waals surface area (Å²) in [6.07, 6.45) is 0. The van der Waals surface area contributed by atoms with Crippen LogP contribution >= 0.6 is 11.3 Å². The molecule has 4 nitrogen and oxygen atoms in total. The molecule has 0 saturated carbocycles. The van der Waals surface area contributed by atoms with E-state index in [-0.39, 0.29) is 11.6 Å². The first-order valence-corrected chi connectivity index (χ1v) is 8.94. The molecule has 4 aromatic rings. The molecular weight excluding hydrogens is 332 g/mol. The van der Waals surface area contributed by atoms with Crippen LogP contribution in [-0.4, -0.2) is 12.1 Å². The second kappa shape index (κ2) is 6.02. The Labute approximate surface area is 148 Å². The summed E-state index contributed by atoms with van der Waals surface area (Å²) >= 11 is 1.45. The van der Waals surface area contributed by atoms with Crippen molar-refractivity contribution in [1.29, 1.82) is 0 Å². The number of hydrogen-bond acceptors (Lipinski definition) is 4. The lowest BCUT2D eigenvalue weighted by atomic mass is 9.96. The summed E-state index contributed by atoms with van der Waals surface area (Å²) in [6, 6.07) is 14.0. The van der Waals surface area contributed by atoms with Gasteiger partial charge in [0.2, 0.25) is 0 Å². The average molecular weight is 350 g/mol. The van der Waals surface area contributed by atoms with Crippen molar-refractivity contribution in [2.75, 3.05) is 7.11 Å². The number of ether oxygens (including phenoxy) is 1. The summed E-state index contributed by atoms with van der Waals surface area (Å²) in [5.74, 6) is 0.778. The first kappa shape index (κ1) is 15.9. The van der Waals surface area contributed by atoms with E-state index in [2.05, 4.69) is 17.1 Å². The van der Waals surface area contributed by atoms with Gasteiger partial charge in [-0.05, 0) is 41.6 Å². The highest BCUT2D eigenvalue weighted by Gasteiger charge is 2.16. The van der Waals surface area contributed by atoms with Gasteiger partial charge in [-0.1, -0.05) is 24.3 Å². The zero-order chi connectivity index (χ0) is 17.6. The van der Waals surface area contributed by atoms with E-state index in [1.54, 1.807) is 7.11 Å².